The first-order valence-electron chi connectivity index (χ1n) is 3.73. The highest BCUT2D eigenvalue weighted by atomic mass is 35.5. The Hall–Kier alpha value is -0.740. The number of hydrogen-bond donors (Lipinski definition) is 0. The van der Waals surface area contributed by atoms with Crippen LogP contribution in [0.4, 0.5) is 0 Å². The molecule has 72 valence electrons. The summed E-state index contributed by atoms with van der Waals surface area (Å²) in [6.07, 6.45) is 4.24. The number of alkyl halides is 1. The second kappa shape index (κ2) is 5.83. The summed E-state index contributed by atoms with van der Waals surface area (Å²) in [6, 6.07) is 1.93. The van der Waals surface area contributed by atoms with E-state index >= 15 is 0 Å². The van der Waals surface area contributed by atoms with E-state index in [9.17, 15) is 0 Å². The van der Waals surface area contributed by atoms with Crippen molar-refractivity contribution in [3.8, 4) is 18.4 Å². The molecule has 1 atom stereocenters. The van der Waals surface area contributed by atoms with Crippen LogP contribution < -0.4 is 0 Å². The van der Waals surface area contributed by atoms with Gasteiger partial charge in [-0.1, -0.05) is 5.92 Å². The van der Waals surface area contributed by atoms with Gasteiger partial charge in [0.25, 0.3) is 0 Å². The zero-order valence-corrected chi connectivity index (χ0v) is 8.47. The highest BCUT2D eigenvalue weighted by molar-refractivity contribution is 6.24. The van der Waals surface area contributed by atoms with Crippen LogP contribution in [0.1, 0.15) is 13.8 Å². The number of rotatable bonds is 5. The second-order valence-corrected chi connectivity index (χ2v) is 3.88. The Labute approximate surface area is 83.6 Å². The third-order valence-corrected chi connectivity index (χ3v) is 1.44. The molecular formula is C9H12ClNO2. The van der Waals surface area contributed by atoms with Crippen molar-refractivity contribution in [2.75, 3.05) is 13.4 Å². The van der Waals surface area contributed by atoms with E-state index in [-0.39, 0.29) is 13.4 Å². The molecule has 0 aromatic heterocycles. The minimum atomic E-state index is -0.728. The van der Waals surface area contributed by atoms with Gasteiger partial charge in [0.2, 0.25) is 0 Å². The number of nitriles is 1. The summed E-state index contributed by atoms with van der Waals surface area (Å²) in [5.41, 5.74) is 0. The molecule has 0 N–H and O–H groups in total. The molecule has 0 aliphatic heterocycles. The summed E-state index contributed by atoms with van der Waals surface area (Å²) in [5, 5.41) is 8.66. The van der Waals surface area contributed by atoms with Gasteiger partial charge < -0.3 is 9.47 Å². The lowest BCUT2D eigenvalue weighted by molar-refractivity contribution is -0.0712. The van der Waals surface area contributed by atoms with E-state index in [0.717, 1.165) is 0 Å². The summed E-state index contributed by atoms with van der Waals surface area (Å²) in [6.45, 7) is 3.55. The van der Waals surface area contributed by atoms with Gasteiger partial charge in [0.15, 0.2) is 6.10 Å². The van der Waals surface area contributed by atoms with Crippen LogP contribution in [0.15, 0.2) is 0 Å². The number of ether oxygens (including phenoxy) is 2. The van der Waals surface area contributed by atoms with E-state index < -0.39 is 11.0 Å². The maximum atomic E-state index is 8.66. The molecule has 0 aromatic carbocycles. The van der Waals surface area contributed by atoms with Crippen molar-refractivity contribution >= 4 is 11.6 Å². The molecule has 0 saturated carbocycles. The first-order valence-corrected chi connectivity index (χ1v) is 4.11. The van der Waals surface area contributed by atoms with Crippen LogP contribution in [0, 0.1) is 23.7 Å². The van der Waals surface area contributed by atoms with Crippen LogP contribution in [0.3, 0.4) is 0 Å². The lowest BCUT2D eigenvalue weighted by atomic mass is 10.1. The fraction of sp³-hybridized carbons (Fsp3) is 0.667. The monoisotopic (exact) mass is 201 g/mol. The molecule has 4 heteroatoms. The minimum Gasteiger partial charge on any atom is -0.343 e. The van der Waals surface area contributed by atoms with Crippen molar-refractivity contribution in [3.05, 3.63) is 0 Å². The van der Waals surface area contributed by atoms with Gasteiger partial charge >= 0.3 is 0 Å². The number of nitrogens with zero attached hydrogens (tertiary/aromatic N) is 1. The minimum absolute atomic E-state index is 0.0153. The van der Waals surface area contributed by atoms with E-state index in [1.807, 2.05) is 6.07 Å². The second-order valence-electron chi connectivity index (χ2n) is 2.91. The lowest BCUT2D eigenvalue weighted by Crippen LogP contribution is -2.32. The van der Waals surface area contributed by atoms with Crippen molar-refractivity contribution in [3.63, 3.8) is 0 Å². The van der Waals surface area contributed by atoms with Gasteiger partial charge in [-0.25, -0.2) is 0 Å². The third-order valence-electron chi connectivity index (χ3n) is 1.24. The molecule has 0 aromatic rings. The van der Waals surface area contributed by atoms with Crippen LogP contribution in [-0.4, -0.2) is 24.4 Å². The lowest BCUT2D eigenvalue weighted by Gasteiger charge is -2.21. The SMILES string of the molecule is C#CCOCO[C@@H](C#N)C(C)(C)Cl. The molecule has 0 bridgehead atoms. The Balaban J connectivity index is 3.77. The highest BCUT2D eigenvalue weighted by Crippen LogP contribution is 2.20. The summed E-state index contributed by atoms with van der Waals surface area (Å²) < 4.78 is 9.89. The van der Waals surface area contributed by atoms with Gasteiger partial charge in [-0.05, 0) is 13.8 Å². The van der Waals surface area contributed by atoms with E-state index in [0.29, 0.717) is 0 Å². The molecule has 0 radical (unpaired) electrons. The summed E-state index contributed by atoms with van der Waals surface area (Å²) in [5.74, 6) is 2.28. The Morgan fingerprint density at radius 1 is 1.62 bits per heavy atom. The summed E-state index contributed by atoms with van der Waals surface area (Å²) in [4.78, 5) is -0.728. The topological polar surface area (TPSA) is 42.2 Å². The molecule has 0 amide bonds. The van der Waals surface area contributed by atoms with Gasteiger partial charge in [0, 0.05) is 0 Å². The van der Waals surface area contributed by atoms with Crippen LogP contribution >= 0.6 is 11.6 Å². The van der Waals surface area contributed by atoms with Gasteiger partial charge in [0.1, 0.15) is 13.4 Å². The Kier molecular flexibility index (Phi) is 5.50. The fourth-order valence-corrected chi connectivity index (χ4v) is 0.717. The molecule has 0 rings (SSSR count). The first kappa shape index (κ1) is 12.3. The standard InChI is InChI=1S/C9H12ClNO2/c1-4-5-12-7-13-8(6-11)9(2,3)10/h1,8H,5,7H2,2-3H3/t8-/m0/s1. The molecule has 0 unspecified atom stereocenters. The molecule has 0 fully saturated rings. The van der Waals surface area contributed by atoms with Crippen molar-refractivity contribution in [2.45, 2.75) is 24.8 Å². The highest BCUT2D eigenvalue weighted by Gasteiger charge is 2.27. The summed E-state index contributed by atoms with van der Waals surface area (Å²) in [7, 11) is 0. The molecule has 0 aliphatic rings. The van der Waals surface area contributed by atoms with Gasteiger partial charge in [0.05, 0.1) is 10.9 Å². The Morgan fingerprint density at radius 3 is 2.62 bits per heavy atom. The Bertz CT molecular complexity index is 221. The summed E-state index contributed by atoms with van der Waals surface area (Å²) >= 11 is 5.87. The van der Waals surface area contributed by atoms with E-state index in [2.05, 4.69) is 5.92 Å². The zero-order valence-electron chi connectivity index (χ0n) is 7.71. The molecule has 3 nitrogen and oxygen atoms in total. The van der Waals surface area contributed by atoms with Crippen LogP contribution in [0.5, 0.6) is 0 Å². The third kappa shape index (κ3) is 5.49. The zero-order chi connectivity index (χ0) is 10.3. The van der Waals surface area contributed by atoms with Gasteiger partial charge in [-0.2, -0.15) is 5.26 Å². The number of halogens is 1. The normalized spacial score (nSPS) is 13.0. The molecule has 13 heavy (non-hydrogen) atoms. The Morgan fingerprint density at radius 2 is 2.23 bits per heavy atom. The van der Waals surface area contributed by atoms with Crippen molar-refractivity contribution in [1.82, 2.24) is 0 Å². The van der Waals surface area contributed by atoms with Crippen molar-refractivity contribution < 1.29 is 9.47 Å². The average Bonchev–Trinajstić information content (AvgIpc) is 2.02. The average molecular weight is 202 g/mol. The maximum Gasteiger partial charge on any atom is 0.165 e. The molecule has 0 spiro atoms. The van der Waals surface area contributed by atoms with Gasteiger partial charge in [-0.3, -0.25) is 0 Å². The molecule has 0 saturated heterocycles. The maximum absolute atomic E-state index is 8.66. The quantitative estimate of drug-likeness (QED) is 0.293. The first-order chi connectivity index (χ1) is 6.02. The number of terminal acetylenes is 1. The van der Waals surface area contributed by atoms with Crippen molar-refractivity contribution in [2.24, 2.45) is 0 Å². The molecule has 0 aliphatic carbocycles. The number of hydrogen-bond acceptors (Lipinski definition) is 3. The molecule has 0 heterocycles. The predicted octanol–water partition coefficient (Wildman–Crippen LogP) is 1.52. The largest absolute Gasteiger partial charge is 0.343 e. The van der Waals surface area contributed by atoms with Crippen LogP contribution in [0.2, 0.25) is 0 Å². The fourth-order valence-electron chi connectivity index (χ4n) is 0.606. The van der Waals surface area contributed by atoms with Crippen molar-refractivity contribution in [1.29, 1.82) is 5.26 Å². The van der Waals surface area contributed by atoms with Gasteiger partial charge in [-0.15, -0.1) is 18.0 Å². The van der Waals surface area contributed by atoms with E-state index in [1.165, 1.54) is 0 Å². The van der Waals surface area contributed by atoms with E-state index in [1.54, 1.807) is 13.8 Å². The molecular weight excluding hydrogens is 190 g/mol. The van der Waals surface area contributed by atoms with Crippen LogP contribution in [0.25, 0.3) is 0 Å². The van der Waals surface area contributed by atoms with Crippen LogP contribution in [-0.2, 0) is 9.47 Å². The predicted molar refractivity (Wildman–Crippen MR) is 50.1 cm³/mol. The smallest absolute Gasteiger partial charge is 0.165 e. The van der Waals surface area contributed by atoms with E-state index in [4.69, 9.17) is 32.8 Å².